The topological polar surface area (TPSA) is 46.2 Å². The van der Waals surface area contributed by atoms with Crippen LogP contribution >= 0.6 is 0 Å². The van der Waals surface area contributed by atoms with E-state index < -0.39 is 10.0 Å². The molecular weight excluding hydrogens is 210 g/mol. The van der Waals surface area contributed by atoms with Gasteiger partial charge in [-0.1, -0.05) is 23.3 Å². The molecule has 0 aromatic heterocycles. The highest BCUT2D eigenvalue weighted by atomic mass is 32.2. The van der Waals surface area contributed by atoms with Crippen molar-refractivity contribution in [2.75, 3.05) is 12.8 Å². The van der Waals surface area contributed by atoms with Gasteiger partial charge in [0.1, 0.15) is 0 Å². The maximum atomic E-state index is 10.8. The summed E-state index contributed by atoms with van der Waals surface area (Å²) in [4.78, 5) is 0. The van der Waals surface area contributed by atoms with Crippen LogP contribution in [-0.2, 0) is 10.0 Å². The SMILES string of the molecule is CC(C)=CCCC(C)=CCNS(C)(=O)=O. The average molecular weight is 231 g/mol. The zero-order chi connectivity index (χ0) is 11.9. The molecule has 0 saturated carbocycles. The van der Waals surface area contributed by atoms with Gasteiger partial charge in [0.25, 0.3) is 0 Å². The first kappa shape index (κ1) is 14.4. The summed E-state index contributed by atoms with van der Waals surface area (Å²) in [5.41, 5.74) is 2.53. The van der Waals surface area contributed by atoms with Crippen LogP contribution in [0.2, 0.25) is 0 Å². The third-order valence-electron chi connectivity index (χ3n) is 1.89. The highest BCUT2D eigenvalue weighted by Gasteiger charge is 1.96. The Morgan fingerprint density at radius 1 is 1.20 bits per heavy atom. The molecule has 0 aliphatic heterocycles. The van der Waals surface area contributed by atoms with Crippen molar-refractivity contribution in [3.8, 4) is 0 Å². The van der Waals surface area contributed by atoms with Gasteiger partial charge in [0.15, 0.2) is 0 Å². The molecule has 0 fully saturated rings. The molecular formula is C11H21NO2S. The van der Waals surface area contributed by atoms with Gasteiger partial charge in [-0.25, -0.2) is 13.1 Å². The lowest BCUT2D eigenvalue weighted by Gasteiger charge is -2.00. The van der Waals surface area contributed by atoms with Gasteiger partial charge in [0, 0.05) is 6.54 Å². The Bertz CT molecular complexity index is 336. The highest BCUT2D eigenvalue weighted by molar-refractivity contribution is 7.88. The molecule has 0 spiro atoms. The largest absolute Gasteiger partial charge is 0.213 e. The van der Waals surface area contributed by atoms with Crippen LogP contribution in [0.1, 0.15) is 33.6 Å². The Balaban J connectivity index is 3.85. The first-order valence-electron chi connectivity index (χ1n) is 5.05. The summed E-state index contributed by atoms with van der Waals surface area (Å²) in [5.74, 6) is 0. The molecule has 0 saturated heterocycles. The molecule has 0 atom stereocenters. The molecule has 0 aliphatic rings. The van der Waals surface area contributed by atoms with E-state index in [2.05, 4.69) is 24.6 Å². The lowest BCUT2D eigenvalue weighted by atomic mass is 10.1. The van der Waals surface area contributed by atoms with E-state index in [9.17, 15) is 8.42 Å². The van der Waals surface area contributed by atoms with Gasteiger partial charge in [0.2, 0.25) is 10.0 Å². The highest BCUT2D eigenvalue weighted by Crippen LogP contribution is 2.05. The number of hydrogen-bond donors (Lipinski definition) is 1. The second-order valence-electron chi connectivity index (χ2n) is 3.99. The molecule has 88 valence electrons. The van der Waals surface area contributed by atoms with Gasteiger partial charge in [-0.05, 0) is 33.6 Å². The third kappa shape index (κ3) is 11.3. The number of sulfonamides is 1. The zero-order valence-electron chi connectivity index (χ0n) is 10.0. The fourth-order valence-corrected chi connectivity index (χ4v) is 1.44. The summed E-state index contributed by atoms with van der Waals surface area (Å²) in [6.45, 7) is 6.55. The molecule has 4 heteroatoms. The summed E-state index contributed by atoms with van der Waals surface area (Å²) < 4.78 is 24.0. The van der Waals surface area contributed by atoms with Crippen molar-refractivity contribution in [3.63, 3.8) is 0 Å². The molecule has 1 N–H and O–H groups in total. The maximum Gasteiger partial charge on any atom is 0.208 e. The van der Waals surface area contributed by atoms with Gasteiger partial charge < -0.3 is 0 Å². The second kappa shape index (κ2) is 6.80. The predicted octanol–water partition coefficient (Wildman–Crippen LogP) is 2.23. The molecule has 0 bridgehead atoms. The smallest absolute Gasteiger partial charge is 0.208 e. The van der Waals surface area contributed by atoms with E-state index in [1.165, 1.54) is 17.4 Å². The molecule has 0 aromatic carbocycles. The fraction of sp³-hybridized carbons (Fsp3) is 0.636. The molecule has 0 radical (unpaired) electrons. The van der Waals surface area contributed by atoms with Crippen LogP contribution in [0.5, 0.6) is 0 Å². The van der Waals surface area contributed by atoms with Crippen LogP contribution in [0.4, 0.5) is 0 Å². The van der Waals surface area contributed by atoms with Crippen molar-refractivity contribution in [2.45, 2.75) is 33.6 Å². The minimum Gasteiger partial charge on any atom is -0.213 e. The summed E-state index contributed by atoms with van der Waals surface area (Å²) in [7, 11) is -3.06. The van der Waals surface area contributed by atoms with Crippen LogP contribution in [0.15, 0.2) is 23.3 Å². The van der Waals surface area contributed by atoms with Crippen LogP contribution in [0.25, 0.3) is 0 Å². The van der Waals surface area contributed by atoms with Gasteiger partial charge >= 0.3 is 0 Å². The number of allylic oxidation sites excluding steroid dienone is 3. The summed E-state index contributed by atoms with van der Waals surface area (Å²) >= 11 is 0. The van der Waals surface area contributed by atoms with Crippen molar-refractivity contribution < 1.29 is 8.42 Å². The van der Waals surface area contributed by atoms with Crippen molar-refractivity contribution >= 4 is 10.0 Å². The van der Waals surface area contributed by atoms with E-state index in [1.54, 1.807) is 0 Å². The minimum absolute atomic E-state index is 0.388. The van der Waals surface area contributed by atoms with Crippen LogP contribution in [0.3, 0.4) is 0 Å². The van der Waals surface area contributed by atoms with Gasteiger partial charge in [-0.3, -0.25) is 0 Å². The van der Waals surface area contributed by atoms with E-state index in [0.717, 1.165) is 12.8 Å². The monoisotopic (exact) mass is 231 g/mol. The minimum atomic E-state index is -3.06. The molecule has 0 unspecified atom stereocenters. The van der Waals surface area contributed by atoms with E-state index in [4.69, 9.17) is 0 Å². The predicted molar refractivity (Wildman–Crippen MR) is 65.3 cm³/mol. The zero-order valence-corrected chi connectivity index (χ0v) is 10.8. The summed E-state index contributed by atoms with van der Waals surface area (Å²) in [6.07, 6.45) is 7.26. The van der Waals surface area contributed by atoms with E-state index in [1.807, 2.05) is 13.0 Å². The van der Waals surface area contributed by atoms with Crippen molar-refractivity contribution in [1.29, 1.82) is 0 Å². The van der Waals surface area contributed by atoms with Crippen LogP contribution in [0, 0.1) is 0 Å². The molecule has 3 nitrogen and oxygen atoms in total. The van der Waals surface area contributed by atoms with Gasteiger partial charge in [-0.15, -0.1) is 0 Å². The number of rotatable bonds is 6. The Hall–Kier alpha value is -0.610. The maximum absolute atomic E-state index is 10.8. The molecule has 15 heavy (non-hydrogen) atoms. The molecule has 0 amide bonds. The van der Waals surface area contributed by atoms with Crippen LogP contribution in [-0.4, -0.2) is 21.2 Å². The van der Waals surface area contributed by atoms with Crippen LogP contribution < -0.4 is 4.72 Å². The first-order chi connectivity index (χ1) is 6.81. The lowest BCUT2D eigenvalue weighted by molar-refractivity contribution is 0.591. The normalized spacial score (nSPS) is 12.7. The standard InChI is InChI=1S/C11H21NO2S/c1-10(2)6-5-7-11(3)8-9-12-15(4,13)14/h6,8,12H,5,7,9H2,1-4H3. The van der Waals surface area contributed by atoms with E-state index in [0.29, 0.717) is 6.54 Å². The second-order valence-corrected chi connectivity index (χ2v) is 5.82. The molecule has 0 aliphatic carbocycles. The van der Waals surface area contributed by atoms with Crippen molar-refractivity contribution in [1.82, 2.24) is 4.72 Å². The number of hydrogen-bond acceptors (Lipinski definition) is 2. The Labute approximate surface area is 93.3 Å². The van der Waals surface area contributed by atoms with Gasteiger partial charge in [0.05, 0.1) is 6.26 Å². The Kier molecular flexibility index (Phi) is 6.52. The Morgan fingerprint density at radius 2 is 1.80 bits per heavy atom. The lowest BCUT2D eigenvalue weighted by Crippen LogP contribution is -2.21. The van der Waals surface area contributed by atoms with E-state index >= 15 is 0 Å². The summed E-state index contributed by atoms with van der Waals surface area (Å²) in [5, 5.41) is 0. The number of nitrogens with one attached hydrogen (secondary N) is 1. The van der Waals surface area contributed by atoms with Crippen molar-refractivity contribution in [3.05, 3.63) is 23.3 Å². The average Bonchev–Trinajstić information content (AvgIpc) is 2.00. The molecule has 0 aromatic rings. The molecule has 0 heterocycles. The van der Waals surface area contributed by atoms with Crippen molar-refractivity contribution in [2.24, 2.45) is 0 Å². The quantitative estimate of drug-likeness (QED) is 0.713. The van der Waals surface area contributed by atoms with E-state index in [-0.39, 0.29) is 0 Å². The summed E-state index contributed by atoms with van der Waals surface area (Å²) in [6, 6.07) is 0. The van der Waals surface area contributed by atoms with Gasteiger partial charge in [-0.2, -0.15) is 0 Å². The fourth-order valence-electron chi connectivity index (χ4n) is 1.06. The first-order valence-corrected chi connectivity index (χ1v) is 6.94. The third-order valence-corrected chi connectivity index (χ3v) is 2.58. The Morgan fingerprint density at radius 3 is 2.27 bits per heavy atom. The molecule has 0 rings (SSSR count).